The van der Waals surface area contributed by atoms with Gasteiger partial charge in [0.15, 0.2) is 5.69 Å². The van der Waals surface area contributed by atoms with Gasteiger partial charge >= 0.3 is 0 Å². The highest BCUT2D eigenvalue weighted by atomic mass is 35.5. The summed E-state index contributed by atoms with van der Waals surface area (Å²) in [4.78, 5) is 20.3. The molecule has 0 fully saturated rings. The fourth-order valence-corrected chi connectivity index (χ4v) is 1.94. The predicted octanol–water partition coefficient (Wildman–Crippen LogP) is 4.30. The zero-order valence-electron chi connectivity index (χ0n) is 11.3. The predicted molar refractivity (Wildman–Crippen MR) is 80.5 cm³/mol. The van der Waals surface area contributed by atoms with Crippen molar-refractivity contribution in [2.24, 2.45) is 0 Å². The van der Waals surface area contributed by atoms with Crippen molar-refractivity contribution < 1.29 is 9.18 Å². The smallest absolute Gasteiger partial charge is 0.276 e. The molecule has 21 heavy (non-hydrogen) atoms. The standard InChI is InChI=1S/C14H12Cl2FN3O/c1-7(2)13-18-6-9(16)12(20-13)14(21)19-11-5-8(15)3-4-10(11)17/h3-7H,1-2H3,(H,19,21). The normalized spacial score (nSPS) is 10.8. The van der Waals surface area contributed by atoms with Crippen molar-refractivity contribution in [3.8, 4) is 0 Å². The van der Waals surface area contributed by atoms with E-state index in [1.54, 1.807) is 0 Å². The van der Waals surface area contributed by atoms with E-state index in [2.05, 4.69) is 15.3 Å². The number of anilines is 1. The molecule has 7 heteroatoms. The van der Waals surface area contributed by atoms with Crippen molar-refractivity contribution in [1.29, 1.82) is 0 Å². The second-order valence-corrected chi connectivity index (χ2v) is 5.50. The van der Waals surface area contributed by atoms with Gasteiger partial charge in [-0.1, -0.05) is 37.0 Å². The van der Waals surface area contributed by atoms with Crippen molar-refractivity contribution >= 4 is 34.8 Å². The maximum atomic E-state index is 13.6. The number of carbonyl (C=O) groups is 1. The summed E-state index contributed by atoms with van der Waals surface area (Å²) in [5, 5.41) is 2.81. The van der Waals surface area contributed by atoms with E-state index < -0.39 is 11.7 Å². The third kappa shape index (κ3) is 3.68. The number of carbonyl (C=O) groups excluding carboxylic acids is 1. The Morgan fingerprint density at radius 3 is 2.71 bits per heavy atom. The first-order valence-electron chi connectivity index (χ1n) is 6.17. The lowest BCUT2D eigenvalue weighted by Gasteiger charge is -2.09. The lowest BCUT2D eigenvalue weighted by molar-refractivity contribution is 0.102. The second-order valence-electron chi connectivity index (χ2n) is 4.66. The van der Waals surface area contributed by atoms with Crippen LogP contribution in [0.2, 0.25) is 10.0 Å². The van der Waals surface area contributed by atoms with E-state index in [0.717, 1.165) is 0 Å². The summed E-state index contributed by atoms with van der Waals surface area (Å²) in [5.41, 5.74) is -0.0389. The molecule has 0 saturated carbocycles. The summed E-state index contributed by atoms with van der Waals surface area (Å²) >= 11 is 11.7. The molecule has 1 aromatic heterocycles. The molecule has 1 N–H and O–H groups in total. The Bertz CT molecular complexity index is 692. The monoisotopic (exact) mass is 327 g/mol. The van der Waals surface area contributed by atoms with Crippen LogP contribution < -0.4 is 5.32 Å². The summed E-state index contributed by atoms with van der Waals surface area (Å²) in [6, 6.07) is 3.87. The van der Waals surface area contributed by atoms with Crippen LogP contribution in [0.5, 0.6) is 0 Å². The molecule has 0 radical (unpaired) electrons. The molecular formula is C14H12Cl2FN3O. The zero-order chi connectivity index (χ0) is 15.6. The van der Waals surface area contributed by atoms with Gasteiger partial charge in [0, 0.05) is 10.9 Å². The van der Waals surface area contributed by atoms with E-state index in [0.29, 0.717) is 10.8 Å². The zero-order valence-corrected chi connectivity index (χ0v) is 12.8. The number of amides is 1. The summed E-state index contributed by atoms with van der Waals surface area (Å²) < 4.78 is 13.6. The number of rotatable bonds is 3. The van der Waals surface area contributed by atoms with E-state index in [1.807, 2.05) is 13.8 Å². The first-order chi connectivity index (χ1) is 9.88. The SMILES string of the molecule is CC(C)c1ncc(Cl)c(C(=O)Nc2cc(Cl)ccc2F)n1. The molecule has 0 bridgehead atoms. The molecule has 0 aliphatic heterocycles. The van der Waals surface area contributed by atoms with Crippen molar-refractivity contribution in [2.75, 3.05) is 5.32 Å². The highest BCUT2D eigenvalue weighted by molar-refractivity contribution is 6.34. The van der Waals surface area contributed by atoms with Crippen LogP contribution >= 0.6 is 23.2 Å². The maximum Gasteiger partial charge on any atom is 0.276 e. The van der Waals surface area contributed by atoms with Crippen LogP contribution in [0.4, 0.5) is 10.1 Å². The molecule has 2 aromatic rings. The fraction of sp³-hybridized carbons (Fsp3) is 0.214. The number of halogens is 3. The Labute approximate surface area is 131 Å². The molecular weight excluding hydrogens is 316 g/mol. The van der Waals surface area contributed by atoms with E-state index in [9.17, 15) is 9.18 Å². The largest absolute Gasteiger partial charge is 0.318 e. The average Bonchev–Trinajstić information content (AvgIpc) is 2.43. The van der Waals surface area contributed by atoms with Gasteiger partial charge in [0.25, 0.3) is 5.91 Å². The topological polar surface area (TPSA) is 54.9 Å². The van der Waals surface area contributed by atoms with Crippen molar-refractivity contribution in [3.05, 3.63) is 51.8 Å². The quantitative estimate of drug-likeness (QED) is 0.914. The third-order valence-corrected chi connectivity index (χ3v) is 3.18. The lowest BCUT2D eigenvalue weighted by atomic mass is 10.2. The molecule has 0 unspecified atom stereocenters. The van der Waals surface area contributed by atoms with Crippen LogP contribution in [0.3, 0.4) is 0 Å². The van der Waals surface area contributed by atoms with E-state index in [4.69, 9.17) is 23.2 Å². The molecule has 1 heterocycles. The Kier molecular flexibility index (Phi) is 4.75. The summed E-state index contributed by atoms with van der Waals surface area (Å²) in [7, 11) is 0. The van der Waals surface area contributed by atoms with Crippen LogP contribution in [0.25, 0.3) is 0 Å². The van der Waals surface area contributed by atoms with Gasteiger partial charge in [0.05, 0.1) is 16.9 Å². The Morgan fingerprint density at radius 2 is 2.05 bits per heavy atom. The van der Waals surface area contributed by atoms with Gasteiger partial charge in [-0.3, -0.25) is 4.79 Å². The van der Waals surface area contributed by atoms with Crippen molar-refractivity contribution in [2.45, 2.75) is 19.8 Å². The fourth-order valence-electron chi connectivity index (χ4n) is 1.59. The maximum absolute atomic E-state index is 13.6. The van der Waals surface area contributed by atoms with E-state index >= 15 is 0 Å². The minimum atomic E-state index is -0.620. The number of benzene rings is 1. The first-order valence-corrected chi connectivity index (χ1v) is 6.93. The van der Waals surface area contributed by atoms with Gasteiger partial charge in [0.2, 0.25) is 0 Å². The molecule has 0 aliphatic carbocycles. The molecule has 2 rings (SSSR count). The van der Waals surface area contributed by atoms with Crippen LogP contribution in [0.15, 0.2) is 24.4 Å². The van der Waals surface area contributed by atoms with Crippen molar-refractivity contribution in [1.82, 2.24) is 9.97 Å². The van der Waals surface area contributed by atoms with Crippen molar-refractivity contribution in [3.63, 3.8) is 0 Å². The molecule has 0 spiro atoms. The molecule has 1 aromatic carbocycles. The minimum Gasteiger partial charge on any atom is -0.318 e. The highest BCUT2D eigenvalue weighted by Crippen LogP contribution is 2.22. The van der Waals surface area contributed by atoms with Crippen LogP contribution in [-0.4, -0.2) is 15.9 Å². The van der Waals surface area contributed by atoms with Crippen LogP contribution in [-0.2, 0) is 0 Å². The summed E-state index contributed by atoms with van der Waals surface area (Å²) in [6.45, 7) is 3.78. The van der Waals surface area contributed by atoms with E-state index in [1.165, 1.54) is 24.4 Å². The van der Waals surface area contributed by atoms with Crippen LogP contribution in [0, 0.1) is 5.82 Å². The molecule has 4 nitrogen and oxygen atoms in total. The van der Waals surface area contributed by atoms with Gasteiger partial charge in [-0.05, 0) is 18.2 Å². The third-order valence-electron chi connectivity index (χ3n) is 2.67. The lowest BCUT2D eigenvalue weighted by Crippen LogP contribution is -2.17. The van der Waals surface area contributed by atoms with Crippen LogP contribution in [0.1, 0.15) is 36.1 Å². The minimum absolute atomic E-state index is 0.00487. The van der Waals surface area contributed by atoms with Gasteiger partial charge in [0.1, 0.15) is 11.6 Å². The van der Waals surface area contributed by atoms with Gasteiger partial charge in [-0.15, -0.1) is 0 Å². The number of aromatic nitrogens is 2. The van der Waals surface area contributed by atoms with Gasteiger partial charge in [-0.25, -0.2) is 14.4 Å². The second kappa shape index (κ2) is 6.37. The molecule has 0 saturated heterocycles. The average molecular weight is 328 g/mol. The molecule has 1 amide bonds. The van der Waals surface area contributed by atoms with Gasteiger partial charge < -0.3 is 5.32 Å². The summed E-state index contributed by atoms with van der Waals surface area (Å²) in [5.74, 6) is -0.694. The molecule has 110 valence electrons. The Hall–Kier alpha value is -1.72. The first kappa shape index (κ1) is 15.7. The number of hydrogen-bond acceptors (Lipinski definition) is 3. The van der Waals surface area contributed by atoms with Gasteiger partial charge in [-0.2, -0.15) is 0 Å². The number of nitrogens with zero attached hydrogens (tertiary/aromatic N) is 2. The Morgan fingerprint density at radius 1 is 1.33 bits per heavy atom. The number of nitrogens with one attached hydrogen (secondary N) is 1. The Balaban J connectivity index is 2.32. The molecule has 0 atom stereocenters. The number of hydrogen-bond donors (Lipinski definition) is 1. The van der Waals surface area contributed by atoms with E-state index in [-0.39, 0.29) is 22.3 Å². The highest BCUT2D eigenvalue weighted by Gasteiger charge is 2.17. The molecule has 0 aliphatic rings. The summed E-state index contributed by atoms with van der Waals surface area (Å²) in [6.07, 6.45) is 1.35.